The third kappa shape index (κ3) is 2.47. The Morgan fingerprint density at radius 1 is 1.38 bits per heavy atom. The first-order chi connectivity index (χ1) is 10.1. The molecule has 4 nitrogen and oxygen atoms in total. The minimum atomic E-state index is -0.331. The molecule has 2 heterocycles. The molecule has 21 heavy (non-hydrogen) atoms. The maximum Gasteiger partial charge on any atom is 0.323 e. The van der Waals surface area contributed by atoms with E-state index >= 15 is 0 Å². The summed E-state index contributed by atoms with van der Waals surface area (Å²) in [6.07, 6.45) is 4.79. The van der Waals surface area contributed by atoms with E-state index in [9.17, 15) is 4.79 Å². The second kappa shape index (κ2) is 5.37. The number of hydrogen-bond donors (Lipinski definition) is 2. The van der Waals surface area contributed by atoms with Crippen molar-refractivity contribution in [1.82, 2.24) is 10.3 Å². The molecule has 2 unspecified atom stereocenters. The van der Waals surface area contributed by atoms with Gasteiger partial charge >= 0.3 is 5.97 Å². The van der Waals surface area contributed by atoms with Gasteiger partial charge in [0.05, 0.1) is 13.2 Å². The summed E-state index contributed by atoms with van der Waals surface area (Å²) in [7, 11) is 1.44. The Labute approximate surface area is 124 Å². The molecular formula is C17H20N2O2. The van der Waals surface area contributed by atoms with Crippen LogP contribution in [-0.4, -0.2) is 24.1 Å². The van der Waals surface area contributed by atoms with Gasteiger partial charge in [-0.3, -0.25) is 10.1 Å². The number of rotatable bonds is 2. The molecule has 4 heteroatoms. The van der Waals surface area contributed by atoms with E-state index in [1.165, 1.54) is 23.6 Å². The van der Waals surface area contributed by atoms with Crippen LogP contribution in [0.2, 0.25) is 0 Å². The molecular weight excluding hydrogens is 264 g/mol. The van der Waals surface area contributed by atoms with Crippen LogP contribution >= 0.6 is 0 Å². The molecule has 1 aliphatic rings. The van der Waals surface area contributed by atoms with Gasteiger partial charge in [-0.1, -0.05) is 23.8 Å². The van der Waals surface area contributed by atoms with E-state index in [1.807, 2.05) is 12.3 Å². The van der Waals surface area contributed by atoms with E-state index in [4.69, 9.17) is 4.74 Å². The summed E-state index contributed by atoms with van der Waals surface area (Å²) in [5, 5.41) is 4.65. The lowest BCUT2D eigenvalue weighted by Gasteiger charge is -2.20. The number of esters is 1. The van der Waals surface area contributed by atoms with Crippen molar-refractivity contribution in [2.75, 3.05) is 7.11 Å². The minimum absolute atomic E-state index is 0.0137. The highest BCUT2D eigenvalue weighted by Crippen LogP contribution is 2.32. The van der Waals surface area contributed by atoms with Crippen LogP contribution < -0.4 is 5.32 Å². The van der Waals surface area contributed by atoms with Crippen LogP contribution in [0.3, 0.4) is 0 Å². The third-order valence-electron chi connectivity index (χ3n) is 3.95. The van der Waals surface area contributed by atoms with Gasteiger partial charge in [0.2, 0.25) is 0 Å². The zero-order chi connectivity index (χ0) is 15.0. The molecule has 0 bridgehead atoms. The van der Waals surface area contributed by atoms with Crippen molar-refractivity contribution in [2.24, 2.45) is 0 Å². The third-order valence-corrected chi connectivity index (χ3v) is 3.95. The monoisotopic (exact) mass is 284 g/mol. The van der Waals surface area contributed by atoms with Gasteiger partial charge in [-0.25, -0.2) is 0 Å². The Hall–Kier alpha value is -2.07. The summed E-state index contributed by atoms with van der Waals surface area (Å²) in [4.78, 5) is 15.3. The van der Waals surface area contributed by atoms with Gasteiger partial charge in [-0.05, 0) is 31.0 Å². The van der Waals surface area contributed by atoms with E-state index in [0.29, 0.717) is 6.42 Å². The van der Waals surface area contributed by atoms with Crippen LogP contribution in [0.1, 0.15) is 31.0 Å². The number of carbonyl (C=O) groups is 1. The molecule has 2 atom stereocenters. The van der Waals surface area contributed by atoms with Gasteiger partial charge in [0.1, 0.15) is 6.04 Å². The number of benzene rings is 1. The fraction of sp³-hybridized carbons (Fsp3) is 0.353. The second-order valence-electron chi connectivity index (χ2n) is 5.75. The standard InChI is InChI=1S/C17H20N2O2/c1-10(2)7-14-12-5-4-6-13-16(12)11(9-18-13)8-15(19-14)17(20)21-3/h4-7,9,14-15,18-19H,8H2,1-3H3. The van der Waals surface area contributed by atoms with Crippen LogP contribution in [0, 0.1) is 0 Å². The van der Waals surface area contributed by atoms with Crippen LogP contribution in [0.25, 0.3) is 10.9 Å². The molecule has 0 spiro atoms. The molecule has 1 aromatic carbocycles. The molecule has 0 saturated heterocycles. The van der Waals surface area contributed by atoms with Gasteiger partial charge < -0.3 is 9.72 Å². The molecule has 1 aliphatic heterocycles. The fourth-order valence-electron chi connectivity index (χ4n) is 3.06. The molecule has 2 aromatic rings. The molecule has 0 aliphatic carbocycles. The highest BCUT2D eigenvalue weighted by atomic mass is 16.5. The number of carbonyl (C=O) groups excluding carboxylic acids is 1. The van der Waals surface area contributed by atoms with E-state index in [-0.39, 0.29) is 18.1 Å². The van der Waals surface area contributed by atoms with Crippen LogP contribution in [0.5, 0.6) is 0 Å². The number of methoxy groups -OCH3 is 1. The number of H-pyrrole nitrogens is 1. The molecule has 3 rings (SSSR count). The Morgan fingerprint density at radius 2 is 2.19 bits per heavy atom. The van der Waals surface area contributed by atoms with Gasteiger partial charge in [0.15, 0.2) is 0 Å². The summed E-state index contributed by atoms with van der Waals surface area (Å²) in [6, 6.07) is 5.92. The fourth-order valence-corrected chi connectivity index (χ4v) is 3.06. The van der Waals surface area contributed by atoms with Gasteiger partial charge in [-0.15, -0.1) is 0 Å². The summed E-state index contributed by atoms with van der Waals surface area (Å²) >= 11 is 0. The predicted octanol–water partition coefficient (Wildman–Crippen LogP) is 2.86. The van der Waals surface area contributed by atoms with E-state index in [1.54, 1.807) is 0 Å². The lowest BCUT2D eigenvalue weighted by molar-refractivity contribution is -0.143. The van der Waals surface area contributed by atoms with Crippen LogP contribution in [0.4, 0.5) is 0 Å². The van der Waals surface area contributed by atoms with Crippen molar-refractivity contribution in [1.29, 1.82) is 0 Å². The minimum Gasteiger partial charge on any atom is -0.468 e. The summed E-state index contributed by atoms with van der Waals surface area (Å²) < 4.78 is 4.94. The number of hydrogen-bond acceptors (Lipinski definition) is 3. The molecule has 1 aromatic heterocycles. The Bertz CT molecular complexity index is 711. The van der Waals surface area contributed by atoms with Crippen molar-refractivity contribution in [3.05, 3.63) is 47.2 Å². The maximum absolute atomic E-state index is 12.0. The molecule has 110 valence electrons. The van der Waals surface area contributed by atoms with Crippen LogP contribution in [0.15, 0.2) is 36.0 Å². The number of aromatic nitrogens is 1. The molecule has 0 saturated carbocycles. The molecule has 2 N–H and O–H groups in total. The van der Waals surface area contributed by atoms with E-state index in [2.05, 4.69) is 42.4 Å². The topological polar surface area (TPSA) is 54.1 Å². The van der Waals surface area contributed by atoms with Gasteiger partial charge in [0, 0.05) is 23.5 Å². The first-order valence-corrected chi connectivity index (χ1v) is 7.18. The summed E-state index contributed by atoms with van der Waals surface area (Å²) in [5.41, 5.74) is 4.69. The highest BCUT2D eigenvalue weighted by Gasteiger charge is 2.29. The average molecular weight is 284 g/mol. The summed E-state index contributed by atoms with van der Waals surface area (Å²) in [6.45, 7) is 4.13. The normalized spacial score (nSPS) is 20.9. The molecule has 0 fully saturated rings. The van der Waals surface area contributed by atoms with E-state index < -0.39 is 0 Å². The molecule has 0 radical (unpaired) electrons. The van der Waals surface area contributed by atoms with Crippen molar-refractivity contribution in [3.63, 3.8) is 0 Å². The zero-order valence-electron chi connectivity index (χ0n) is 12.6. The van der Waals surface area contributed by atoms with Crippen molar-refractivity contribution < 1.29 is 9.53 Å². The lowest BCUT2D eigenvalue weighted by atomic mass is 9.99. The highest BCUT2D eigenvalue weighted by molar-refractivity contribution is 5.89. The number of nitrogens with one attached hydrogen (secondary N) is 2. The second-order valence-corrected chi connectivity index (χ2v) is 5.75. The average Bonchev–Trinajstić information content (AvgIpc) is 2.80. The smallest absolute Gasteiger partial charge is 0.323 e. The van der Waals surface area contributed by atoms with Crippen molar-refractivity contribution in [2.45, 2.75) is 32.4 Å². The largest absolute Gasteiger partial charge is 0.468 e. The Kier molecular flexibility index (Phi) is 3.55. The number of ether oxygens (including phenoxy) is 1. The summed E-state index contributed by atoms with van der Waals surface area (Å²) in [5.74, 6) is -0.218. The van der Waals surface area contributed by atoms with Crippen LogP contribution in [-0.2, 0) is 16.0 Å². The van der Waals surface area contributed by atoms with E-state index in [0.717, 1.165) is 11.1 Å². The Balaban J connectivity index is 2.16. The lowest BCUT2D eigenvalue weighted by Crippen LogP contribution is -2.40. The van der Waals surface area contributed by atoms with Gasteiger partial charge in [0.25, 0.3) is 0 Å². The zero-order valence-corrected chi connectivity index (χ0v) is 12.6. The van der Waals surface area contributed by atoms with Gasteiger partial charge in [-0.2, -0.15) is 0 Å². The first kappa shape index (κ1) is 13.9. The molecule has 0 amide bonds. The number of allylic oxidation sites excluding steroid dienone is 1. The quantitative estimate of drug-likeness (QED) is 0.658. The van der Waals surface area contributed by atoms with Crippen molar-refractivity contribution >= 4 is 16.9 Å². The first-order valence-electron chi connectivity index (χ1n) is 7.18. The van der Waals surface area contributed by atoms with Crippen molar-refractivity contribution in [3.8, 4) is 0 Å². The number of aromatic amines is 1. The maximum atomic E-state index is 12.0. The predicted molar refractivity (Wildman–Crippen MR) is 83.1 cm³/mol. The SMILES string of the molecule is COC(=O)C1Cc2c[nH]c3cccc(c23)C(C=C(C)C)N1. The Morgan fingerprint density at radius 3 is 2.90 bits per heavy atom.